The molecule has 186 valence electrons. The van der Waals surface area contributed by atoms with E-state index in [4.69, 9.17) is 9.97 Å². The minimum Gasteiger partial charge on any atom is -0.340 e. The highest BCUT2D eigenvalue weighted by molar-refractivity contribution is 7.92. The normalized spacial score (nSPS) is 11.4. The Hall–Kier alpha value is -5.02. The third-order valence-electron chi connectivity index (χ3n) is 5.94. The first-order valence-electron chi connectivity index (χ1n) is 11.9. The van der Waals surface area contributed by atoms with Gasteiger partial charge in [-0.15, -0.1) is 0 Å². The third kappa shape index (κ3) is 4.70. The van der Waals surface area contributed by atoms with Crippen LogP contribution in [0.1, 0.15) is 0 Å². The Kier molecular flexibility index (Phi) is 6.03. The summed E-state index contributed by atoms with van der Waals surface area (Å²) in [5.74, 6) is 1.58. The van der Waals surface area contributed by atoms with Crippen molar-refractivity contribution in [1.29, 1.82) is 0 Å². The van der Waals surface area contributed by atoms with Gasteiger partial charge in [0.2, 0.25) is 0 Å². The van der Waals surface area contributed by atoms with Crippen LogP contribution in [-0.4, -0.2) is 28.2 Å². The van der Waals surface area contributed by atoms with E-state index in [0.717, 1.165) is 22.2 Å². The van der Waals surface area contributed by atoms with Gasteiger partial charge in [-0.3, -0.25) is 4.72 Å². The fraction of sp³-hybridized carbons (Fsp3) is 0. The summed E-state index contributed by atoms with van der Waals surface area (Å²) in [6.45, 7) is 0. The minimum absolute atomic E-state index is 0.126. The lowest BCUT2D eigenvalue weighted by molar-refractivity contribution is 0.600. The summed E-state index contributed by atoms with van der Waals surface area (Å²) in [6, 6.07) is 35.0. The Morgan fingerprint density at radius 1 is 0.684 bits per heavy atom. The van der Waals surface area contributed by atoms with Crippen LogP contribution in [0.25, 0.3) is 28.0 Å². The van der Waals surface area contributed by atoms with E-state index in [1.165, 1.54) is 4.68 Å². The van der Waals surface area contributed by atoms with Crippen molar-refractivity contribution in [3.05, 3.63) is 121 Å². The van der Waals surface area contributed by atoms with Crippen LogP contribution in [0.2, 0.25) is 0 Å². The Labute approximate surface area is 219 Å². The predicted molar refractivity (Wildman–Crippen MR) is 149 cm³/mol. The average Bonchev–Trinajstić information content (AvgIpc) is 3.41. The molecule has 2 aromatic heterocycles. The topological polar surface area (TPSA) is 102 Å². The number of hydrogen-bond donors (Lipinski definition) is 2. The van der Waals surface area contributed by atoms with E-state index in [0.29, 0.717) is 23.1 Å². The number of hydrogen-bond acceptors (Lipinski definition) is 6. The van der Waals surface area contributed by atoms with E-state index in [1.54, 1.807) is 36.5 Å². The average molecular weight is 519 g/mol. The maximum absolute atomic E-state index is 13.1. The molecule has 0 amide bonds. The number of para-hydroxylation sites is 2. The Bertz CT molecular complexity index is 1820. The highest BCUT2D eigenvalue weighted by Gasteiger charge is 2.17. The maximum atomic E-state index is 13.1. The van der Waals surface area contributed by atoms with Gasteiger partial charge >= 0.3 is 0 Å². The summed E-state index contributed by atoms with van der Waals surface area (Å²) in [5, 5.41) is 8.44. The third-order valence-corrected chi connectivity index (χ3v) is 7.32. The summed E-state index contributed by atoms with van der Waals surface area (Å²) in [5.41, 5.74) is 3.16. The first kappa shape index (κ1) is 23.4. The molecule has 0 saturated heterocycles. The fourth-order valence-corrected chi connectivity index (χ4v) is 5.14. The standard InChI is InChI=1S/C29H22N6O2S/c36-38(37,34-27-19-20-30-35(27)23-11-5-2-6-12-23)24-17-15-22(16-18-24)31-29-25-13-7-8-14-26(25)32-28(33-29)21-9-3-1-4-10-21/h1-20,34H,(H,31,32,33). The first-order chi connectivity index (χ1) is 18.6. The summed E-state index contributed by atoms with van der Waals surface area (Å²) in [4.78, 5) is 9.60. The number of anilines is 3. The van der Waals surface area contributed by atoms with Gasteiger partial charge in [0, 0.05) is 22.7 Å². The largest absolute Gasteiger partial charge is 0.340 e. The van der Waals surface area contributed by atoms with Gasteiger partial charge in [0.25, 0.3) is 10.0 Å². The molecule has 0 aliphatic heterocycles. The van der Waals surface area contributed by atoms with Gasteiger partial charge in [0.1, 0.15) is 11.6 Å². The van der Waals surface area contributed by atoms with E-state index in [9.17, 15) is 8.42 Å². The highest BCUT2D eigenvalue weighted by atomic mass is 32.2. The lowest BCUT2D eigenvalue weighted by Gasteiger charge is -2.13. The van der Waals surface area contributed by atoms with Crippen molar-refractivity contribution >= 4 is 38.2 Å². The molecule has 0 spiro atoms. The maximum Gasteiger partial charge on any atom is 0.263 e. The smallest absolute Gasteiger partial charge is 0.263 e. The quantitative estimate of drug-likeness (QED) is 0.268. The summed E-state index contributed by atoms with van der Waals surface area (Å²) in [6.07, 6.45) is 1.55. The van der Waals surface area contributed by atoms with Gasteiger partial charge in [-0.1, -0.05) is 60.7 Å². The zero-order chi connectivity index (χ0) is 26.0. The Balaban J connectivity index is 1.27. The van der Waals surface area contributed by atoms with Crippen molar-refractivity contribution in [2.24, 2.45) is 0 Å². The molecule has 8 nitrogen and oxygen atoms in total. The molecule has 2 heterocycles. The molecule has 0 radical (unpaired) electrons. The van der Waals surface area contributed by atoms with Crippen molar-refractivity contribution in [1.82, 2.24) is 19.7 Å². The van der Waals surface area contributed by atoms with Gasteiger partial charge in [0.15, 0.2) is 5.82 Å². The summed E-state index contributed by atoms with van der Waals surface area (Å²) < 4.78 is 30.4. The monoisotopic (exact) mass is 518 g/mol. The van der Waals surface area contributed by atoms with Crippen molar-refractivity contribution in [2.75, 3.05) is 10.0 Å². The second kappa shape index (κ2) is 9.79. The molecular formula is C29H22N6O2S. The molecule has 6 rings (SSSR count). The van der Waals surface area contributed by atoms with Crippen molar-refractivity contribution in [2.45, 2.75) is 4.90 Å². The van der Waals surface area contributed by atoms with Crippen LogP contribution in [0.15, 0.2) is 126 Å². The van der Waals surface area contributed by atoms with Gasteiger partial charge in [-0.25, -0.2) is 23.1 Å². The van der Waals surface area contributed by atoms with Gasteiger partial charge in [-0.05, 0) is 48.5 Å². The highest BCUT2D eigenvalue weighted by Crippen LogP contribution is 2.28. The molecule has 0 unspecified atom stereocenters. The van der Waals surface area contributed by atoms with Crippen molar-refractivity contribution in [3.8, 4) is 17.1 Å². The van der Waals surface area contributed by atoms with Crippen LogP contribution >= 0.6 is 0 Å². The van der Waals surface area contributed by atoms with Crippen LogP contribution in [0.3, 0.4) is 0 Å². The fourth-order valence-electron chi connectivity index (χ4n) is 4.09. The van der Waals surface area contributed by atoms with Gasteiger partial charge in [-0.2, -0.15) is 5.10 Å². The molecule has 0 fully saturated rings. The van der Waals surface area contributed by atoms with E-state index in [-0.39, 0.29) is 4.90 Å². The summed E-state index contributed by atoms with van der Waals surface area (Å²) >= 11 is 0. The Morgan fingerprint density at radius 2 is 1.37 bits per heavy atom. The zero-order valence-corrected chi connectivity index (χ0v) is 20.9. The molecule has 0 saturated carbocycles. The second-order valence-corrected chi connectivity index (χ2v) is 10.2. The molecule has 6 aromatic rings. The van der Waals surface area contributed by atoms with E-state index in [2.05, 4.69) is 15.1 Å². The molecule has 0 bridgehead atoms. The summed E-state index contributed by atoms with van der Waals surface area (Å²) in [7, 11) is -3.85. The molecule has 9 heteroatoms. The molecule has 0 aliphatic rings. The van der Waals surface area contributed by atoms with Crippen LogP contribution in [-0.2, 0) is 10.0 Å². The SMILES string of the molecule is O=S(=O)(Nc1ccnn1-c1ccccc1)c1ccc(Nc2nc(-c3ccccc3)nc3ccccc23)cc1. The van der Waals surface area contributed by atoms with Crippen LogP contribution < -0.4 is 10.0 Å². The first-order valence-corrected chi connectivity index (χ1v) is 13.4. The molecular weight excluding hydrogens is 496 g/mol. The van der Waals surface area contributed by atoms with E-state index < -0.39 is 10.0 Å². The number of rotatable bonds is 7. The minimum atomic E-state index is -3.85. The van der Waals surface area contributed by atoms with Crippen molar-refractivity contribution in [3.63, 3.8) is 0 Å². The van der Waals surface area contributed by atoms with Gasteiger partial charge in [0.05, 0.1) is 22.3 Å². The lowest BCUT2D eigenvalue weighted by atomic mass is 10.2. The van der Waals surface area contributed by atoms with Crippen molar-refractivity contribution < 1.29 is 8.42 Å². The van der Waals surface area contributed by atoms with E-state index >= 15 is 0 Å². The number of benzene rings is 4. The van der Waals surface area contributed by atoms with Crippen LogP contribution in [0.4, 0.5) is 17.3 Å². The van der Waals surface area contributed by atoms with Crippen LogP contribution in [0.5, 0.6) is 0 Å². The van der Waals surface area contributed by atoms with E-state index in [1.807, 2.05) is 84.9 Å². The second-order valence-electron chi connectivity index (χ2n) is 8.50. The zero-order valence-electron chi connectivity index (χ0n) is 20.1. The lowest BCUT2D eigenvalue weighted by Crippen LogP contribution is -2.16. The number of nitrogens with zero attached hydrogens (tertiary/aromatic N) is 4. The molecule has 2 N–H and O–H groups in total. The number of nitrogens with one attached hydrogen (secondary N) is 2. The number of aromatic nitrogens is 4. The predicted octanol–water partition coefficient (Wildman–Crippen LogP) is 6.03. The molecule has 0 atom stereocenters. The molecule has 4 aromatic carbocycles. The Morgan fingerprint density at radius 3 is 2.13 bits per heavy atom. The van der Waals surface area contributed by atoms with Crippen LogP contribution in [0, 0.1) is 0 Å². The number of fused-ring (bicyclic) bond motifs is 1. The van der Waals surface area contributed by atoms with Gasteiger partial charge < -0.3 is 5.32 Å². The molecule has 0 aliphatic carbocycles. The molecule has 38 heavy (non-hydrogen) atoms. The number of sulfonamides is 1.